The lowest BCUT2D eigenvalue weighted by molar-refractivity contribution is -0.137. The van der Waals surface area contributed by atoms with Crippen molar-refractivity contribution >= 4 is 27.6 Å². The van der Waals surface area contributed by atoms with E-state index >= 15 is 0 Å². The van der Waals surface area contributed by atoms with E-state index < -0.39 is 5.97 Å². The van der Waals surface area contributed by atoms with Gasteiger partial charge in [0.1, 0.15) is 5.75 Å². The van der Waals surface area contributed by atoms with E-state index in [1.165, 1.54) is 0 Å². The molecule has 0 saturated heterocycles. The molecule has 0 amide bonds. The van der Waals surface area contributed by atoms with E-state index in [1.54, 1.807) is 7.11 Å². The monoisotopic (exact) mass is 301 g/mol. The Morgan fingerprint density at radius 2 is 2.24 bits per heavy atom. The van der Waals surface area contributed by atoms with Crippen LogP contribution in [0.15, 0.2) is 22.7 Å². The van der Waals surface area contributed by atoms with Gasteiger partial charge in [-0.2, -0.15) is 0 Å². The van der Waals surface area contributed by atoms with Gasteiger partial charge in [0, 0.05) is 18.7 Å². The molecule has 1 aromatic rings. The third kappa shape index (κ3) is 5.08. The van der Waals surface area contributed by atoms with E-state index in [9.17, 15) is 4.79 Å². The molecule has 0 atom stereocenters. The average molecular weight is 302 g/mol. The fraction of sp³-hybridized carbons (Fsp3) is 0.417. The molecule has 0 unspecified atom stereocenters. The number of methoxy groups -OCH3 is 1. The Morgan fingerprint density at radius 3 is 2.82 bits per heavy atom. The summed E-state index contributed by atoms with van der Waals surface area (Å²) in [6.45, 7) is 0.770. The van der Waals surface area contributed by atoms with E-state index in [-0.39, 0.29) is 6.42 Å². The van der Waals surface area contributed by atoms with Gasteiger partial charge in [-0.05, 0) is 47.0 Å². The molecule has 5 heteroatoms. The van der Waals surface area contributed by atoms with E-state index in [1.807, 2.05) is 18.2 Å². The summed E-state index contributed by atoms with van der Waals surface area (Å²) >= 11 is 3.41. The van der Waals surface area contributed by atoms with Crippen molar-refractivity contribution in [3.8, 4) is 5.75 Å². The quantitative estimate of drug-likeness (QED) is 0.760. The van der Waals surface area contributed by atoms with Gasteiger partial charge in [-0.3, -0.25) is 4.79 Å². The molecule has 0 bridgehead atoms. The molecule has 0 aliphatic heterocycles. The number of halogens is 1. The zero-order valence-electron chi connectivity index (χ0n) is 9.70. The highest BCUT2D eigenvalue weighted by Crippen LogP contribution is 2.27. The summed E-state index contributed by atoms with van der Waals surface area (Å²) in [5.41, 5.74) is 0.994. The molecule has 0 fully saturated rings. The minimum Gasteiger partial charge on any atom is -0.496 e. The Morgan fingerprint density at radius 1 is 1.47 bits per heavy atom. The zero-order valence-corrected chi connectivity index (χ0v) is 11.3. The lowest BCUT2D eigenvalue weighted by Crippen LogP contribution is -2.03. The highest BCUT2D eigenvalue weighted by atomic mass is 79.9. The first-order valence-electron chi connectivity index (χ1n) is 5.42. The maximum atomic E-state index is 10.3. The lowest BCUT2D eigenvalue weighted by Gasteiger charge is -2.08. The van der Waals surface area contributed by atoms with Gasteiger partial charge in [0.15, 0.2) is 0 Å². The number of hydrogen-bond donors (Lipinski definition) is 2. The van der Waals surface area contributed by atoms with Gasteiger partial charge in [0.05, 0.1) is 11.6 Å². The Bertz CT molecular complexity index is 382. The summed E-state index contributed by atoms with van der Waals surface area (Å²) in [6.07, 6.45) is 1.77. The predicted octanol–water partition coefficient (Wildman–Crippen LogP) is 3.12. The number of nitrogens with one attached hydrogen (secondary N) is 1. The number of carboxylic acid groups (broad SMARTS) is 1. The van der Waals surface area contributed by atoms with Crippen molar-refractivity contribution < 1.29 is 14.6 Å². The molecule has 17 heavy (non-hydrogen) atoms. The number of ether oxygens (including phenoxy) is 1. The standard InChI is InChI=1S/C12H16BrNO3/c1-17-11-6-5-9(8-10(11)13)14-7-3-2-4-12(15)16/h5-6,8,14H,2-4,7H2,1H3,(H,15,16). The largest absolute Gasteiger partial charge is 0.496 e. The van der Waals surface area contributed by atoms with Crippen LogP contribution < -0.4 is 10.1 Å². The van der Waals surface area contributed by atoms with Gasteiger partial charge in [-0.15, -0.1) is 0 Å². The summed E-state index contributed by atoms with van der Waals surface area (Å²) in [5.74, 6) is 0.0543. The number of aliphatic carboxylic acids is 1. The second kappa shape index (κ2) is 7.17. The van der Waals surface area contributed by atoms with E-state index in [0.29, 0.717) is 6.42 Å². The van der Waals surface area contributed by atoms with Crippen molar-refractivity contribution in [3.05, 3.63) is 22.7 Å². The summed E-state index contributed by atoms with van der Waals surface area (Å²) in [5, 5.41) is 11.7. The molecule has 0 saturated carbocycles. The maximum Gasteiger partial charge on any atom is 0.303 e. The Balaban J connectivity index is 2.32. The second-order valence-electron chi connectivity index (χ2n) is 3.63. The number of anilines is 1. The number of carbonyl (C=O) groups is 1. The molecule has 0 aliphatic carbocycles. The molecule has 0 heterocycles. The van der Waals surface area contributed by atoms with Crippen molar-refractivity contribution in [2.75, 3.05) is 19.0 Å². The molecule has 1 aromatic carbocycles. The van der Waals surface area contributed by atoms with Crippen molar-refractivity contribution in [2.24, 2.45) is 0 Å². The number of rotatable bonds is 7. The molecule has 2 N–H and O–H groups in total. The highest BCUT2D eigenvalue weighted by molar-refractivity contribution is 9.10. The third-order valence-corrected chi connectivity index (χ3v) is 2.92. The summed E-state index contributed by atoms with van der Waals surface area (Å²) in [6, 6.07) is 5.75. The Kier molecular flexibility index (Phi) is 5.83. The van der Waals surface area contributed by atoms with Crippen LogP contribution in [0.4, 0.5) is 5.69 Å². The molecule has 4 nitrogen and oxygen atoms in total. The van der Waals surface area contributed by atoms with Crippen LogP contribution in [-0.2, 0) is 4.79 Å². The zero-order chi connectivity index (χ0) is 12.7. The van der Waals surface area contributed by atoms with E-state index in [4.69, 9.17) is 9.84 Å². The van der Waals surface area contributed by atoms with Crippen LogP contribution in [0.3, 0.4) is 0 Å². The molecule has 1 rings (SSSR count). The fourth-order valence-electron chi connectivity index (χ4n) is 1.41. The molecular formula is C12H16BrNO3. The minimum atomic E-state index is -0.739. The van der Waals surface area contributed by atoms with Gasteiger partial charge in [0.2, 0.25) is 0 Å². The van der Waals surface area contributed by atoms with Crippen LogP contribution in [0.25, 0.3) is 0 Å². The lowest BCUT2D eigenvalue weighted by atomic mass is 10.2. The third-order valence-electron chi connectivity index (χ3n) is 2.30. The topological polar surface area (TPSA) is 58.6 Å². The van der Waals surface area contributed by atoms with Crippen LogP contribution in [0.5, 0.6) is 5.75 Å². The van der Waals surface area contributed by atoms with Crippen LogP contribution >= 0.6 is 15.9 Å². The van der Waals surface area contributed by atoms with Gasteiger partial charge in [0.25, 0.3) is 0 Å². The van der Waals surface area contributed by atoms with Gasteiger partial charge >= 0.3 is 5.97 Å². The first-order chi connectivity index (χ1) is 8.13. The maximum absolute atomic E-state index is 10.3. The van der Waals surface area contributed by atoms with Crippen LogP contribution in [0.1, 0.15) is 19.3 Å². The predicted molar refractivity (Wildman–Crippen MR) is 70.7 cm³/mol. The smallest absolute Gasteiger partial charge is 0.303 e. The van der Waals surface area contributed by atoms with Crippen LogP contribution in [-0.4, -0.2) is 24.7 Å². The van der Waals surface area contributed by atoms with Crippen LogP contribution in [0, 0.1) is 0 Å². The first kappa shape index (κ1) is 13.8. The van der Waals surface area contributed by atoms with Crippen molar-refractivity contribution in [2.45, 2.75) is 19.3 Å². The van der Waals surface area contributed by atoms with Crippen molar-refractivity contribution in [1.82, 2.24) is 0 Å². The molecule has 0 aromatic heterocycles. The average Bonchev–Trinajstić information content (AvgIpc) is 2.28. The van der Waals surface area contributed by atoms with Gasteiger partial charge in [-0.25, -0.2) is 0 Å². The van der Waals surface area contributed by atoms with Gasteiger partial charge < -0.3 is 15.2 Å². The molecule has 0 aliphatic rings. The fourth-order valence-corrected chi connectivity index (χ4v) is 1.95. The van der Waals surface area contributed by atoms with E-state index in [2.05, 4.69) is 21.2 Å². The summed E-state index contributed by atoms with van der Waals surface area (Å²) in [4.78, 5) is 10.3. The SMILES string of the molecule is COc1ccc(NCCCCC(=O)O)cc1Br. The van der Waals surface area contributed by atoms with Crippen molar-refractivity contribution in [3.63, 3.8) is 0 Å². The Hall–Kier alpha value is -1.23. The summed E-state index contributed by atoms with van der Waals surface area (Å²) in [7, 11) is 1.62. The molecule has 0 radical (unpaired) electrons. The molecule has 0 spiro atoms. The number of hydrogen-bond acceptors (Lipinski definition) is 3. The number of unbranched alkanes of at least 4 members (excludes halogenated alkanes) is 1. The van der Waals surface area contributed by atoms with Crippen molar-refractivity contribution in [1.29, 1.82) is 0 Å². The second-order valence-corrected chi connectivity index (χ2v) is 4.48. The minimum absolute atomic E-state index is 0.230. The molecule has 94 valence electrons. The van der Waals surface area contributed by atoms with E-state index in [0.717, 1.165) is 28.9 Å². The Labute approximate surface area is 109 Å². The number of benzene rings is 1. The van der Waals surface area contributed by atoms with Crippen LogP contribution in [0.2, 0.25) is 0 Å². The molecular weight excluding hydrogens is 286 g/mol. The van der Waals surface area contributed by atoms with Gasteiger partial charge in [-0.1, -0.05) is 0 Å². The number of carboxylic acids is 1. The highest BCUT2D eigenvalue weighted by Gasteiger charge is 2.01. The normalized spacial score (nSPS) is 10.0. The first-order valence-corrected chi connectivity index (χ1v) is 6.22. The summed E-state index contributed by atoms with van der Waals surface area (Å²) < 4.78 is 6.03.